The van der Waals surface area contributed by atoms with Crippen LogP contribution in [0.1, 0.15) is 34.1 Å². The lowest BCUT2D eigenvalue weighted by atomic mass is 10.0. The van der Waals surface area contributed by atoms with Crippen molar-refractivity contribution >= 4 is 9.84 Å². The molecule has 1 unspecified atom stereocenters. The second-order valence-electron chi connectivity index (χ2n) is 5.21. The average Bonchev–Trinajstić information content (AvgIpc) is 1.99. The van der Waals surface area contributed by atoms with E-state index in [4.69, 9.17) is 0 Å². The third kappa shape index (κ3) is 4.95. The Hall–Kier alpha value is -0.130. The Morgan fingerprint density at radius 1 is 1.20 bits per heavy atom. The maximum absolute atomic E-state index is 11.8. The molecule has 0 amide bonds. The molecule has 2 N–H and O–H groups in total. The van der Waals surface area contributed by atoms with Gasteiger partial charge in [0, 0.05) is 6.54 Å². The summed E-state index contributed by atoms with van der Waals surface area (Å²) in [5, 5.41) is 12.7. The molecule has 5 heteroatoms. The van der Waals surface area contributed by atoms with Crippen molar-refractivity contribution in [2.24, 2.45) is 0 Å². The third-order valence-electron chi connectivity index (χ3n) is 2.40. The molecule has 0 aromatic heterocycles. The van der Waals surface area contributed by atoms with Crippen LogP contribution >= 0.6 is 0 Å². The van der Waals surface area contributed by atoms with E-state index in [1.165, 1.54) is 0 Å². The summed E-state index contributed by atoms with van der Waals surface area (Å²) in [6, 6.07) is 0. The van der Waals surface area contributed by atoms with Crippen LogP contribution in [0.15, 0.2) is 0 Å². The molecule has 0 saturated heterocycles. The van der Waals surface area contributed by atoms with Gasteiger partial charge in [-0.1, -0.05) is 0 Å². The van der Waals surface area contributed by atoms with Crippen LogP contribution in [0.3, 0.4) is 0 Å². The Kier molecular flexibility index (Phi) is 4.76. The molecule has 1 atom stereocenters. The topological polar surface area (TPSA) is 66.4 Å². The molecule has 0 aliphatic carbocycles. The van der Waals surface area contributed by atoms with Crippen molar-refractivity contribution in [1.82, 2.24) is 5.32 Å². The minimum Gasteiger partial charge on any atom is -0.389 e. The van der Waals surface area contributed by atoms with Crippen molar-refractivity contribution in [1.29, 1.82) is 0 Å². The highest BCUT2D eigenvalue weighted by Gasteiger charge is 2.31. The molecule has 4 nitrogen and oxygen atoms in total. The predicted octanol–water partition coefficient (Wildman–Crippen LogP) is 0.560. The van der Waals surface area contributed by atoms with Gasteiger partial charge in [-0.15, -0.1) is 0 Å². The summed E-state index contributed by atoms with van der Waals surface area (Å²) in [5.41, 5.74) is -0.965. The first-order valence-corrected chi connectivity index (χ1v) is 6.76. The molecule has 0 spiro atoms. The number of hydrogen-bond acceptors (Lipinski definition) is 4. The molecule has 0 saturated carbocycles. The van der Waals surface area contributed by atoms with Gasteiger partial charge < -0.3 is 10.4 Å². The minimum atomic E-state index is -3.14. The molecular formula is C10H23NO3S. The van der Waals surface area contributed by atoms with Crippen molar-refractivity contribution in [3.63, 3.8) is 0 Å². The molecule has 0 bridgehead atoms. The molecule has 0 aliphatic heterocycles. The van der Waals surface area contributed by atoms with Crippen LogP contribution in [-0.2, 0) is 9.84 Å². The lowest BCUT2D eigenvalue weighted by Gasteiger charge is -2.25. The number of rotatable bonds is 5. The Labute approximate surface area is 93.0 Å². The molecule has 0 fully saturated rings. The fourth-order valence-corrected chi connectivity index (χ4v) is 2.45. The molecule has 15 heavy (non-hydrogen) atoms. The minimum absolute atomic E-state index is 0.0190. The second-order valence-corrected chi connectivity index (χ2v) is 8.07. The maximum Gasteiger partial charge on any atom is 0.155 e. The van der Waals surface area contributed by atoms with Gasteiger partial charge in [0.2, 0.25) is 0 Å². The zero-order valence-electron chi connectivity index (χ0n) is 10.3. The van der Waals surface area contributed by atoms with Crippen LogP contribution in [0.2, 0.25) is 0 Å². The van der Waals surface area contributed by atoms with Crippen LogP contribution in [0.5, 0.6) is 0 Å². The molecule has 0 aromatic rings. The molecule has 92 valence electrons. The van der Waals surface area contributed by atoms with Gasteiger partial charge in [0.25, 0.3) is 0 Å². The normalized spacial score (nSPS) is 17.5. The number of hydrogen-bond donors (Lipinski definition) is 2. The highest BCUT2D eigenvalue weighted by Crippen LogP contribution is 2.19. The van der Waals surface area contributed by atoms with Crippen LogP contribution < -0.4 is 5.32 Å². The smallest absolute Gasteiger partial charge is 0.155 e. The predicted molar refractivity (Wildman–Crippen MR) is 62.7 cm³/mol. The fourth-order valence-electron chi connectivity index (χ4n) is 1.13. The second kappa shape index (κ2) is 4.80. The van der Waals surface area contributed by atoms with Gasteiger partial charge in [0.15, 0.2) is 9.84 Å². The van der Waals surface area contributed by atoms with E-state index < -0.39 is 20.2 Å². The van der Waals surface area contributed by atoms with Crippen molar-refractivity contribution in [2.75, 3.05) is 19.3 Å². The molecule has 0 radical (unpaired) electrons. The summed E-state index contributed by atoms with van der Waals surface area (Å²) < 4.78 is 22.8. The van der Waals surface area contributed by atoms with E-state index in [-0.39, 0.29) is 12.2 Å². The zero-order chi connectivity index (χ0) is 12.3. The first-order chi connectivity index (χ1) is 6.52. The SMILES string of the molecule is CNCC(C)(O)CCS(=O)(=O)C(C)(C)C. The number of aliphatic hydroxyl groups is 1. The van der Waals surface area contributed by atoms with Gasteiger partial charge >= 0.3 is 0 Å². The van der Waals surface area contributed by atoms with Gasteiger partial charge in [0.05, 0.1) is 16.1 Å². The van der Waals surface area contributed by atoms with Gasteiger partial charge in [-0.05, 0) is 41.2 Å². The Morgan fingerprint density at radius 3 is 2.00 bits per heavy atom. The van der Waals surface area contributed by atoms with E-state index >= 15 is 0 Å². The standard InChI is InChI=1S/C10H23NO3S/c1-9(2,3)15(13,14)7-6-10(4,12)8-11-5/h11-12H,6-8H2,1-5H3. The lowest BCUT2D eigenvalue weighted by Crippen LogP contribution is -2.40. The summed E-state index contributed by atoms with van der Waals surface area (Å²) in [7, 11) is -1.41. The average molecular weight is 237 g/mol. The number of nitrogens with one attached hydrogen (secondary N) is 1. The van der Waals surface area contributed by atoms with Gasteiger partial charge in [-0.3, -0.25) is 0 Å². The van der Waals surface area contributed by atoms with Crippen LogP contribution in [0.25, 0.3) is 0 Å². The monoisotopic (exact) mass is 237 g/mol. The third-order valence-corrected chi connectivity index (χ3v) is 5.01. The summed E-state index contributed by atoms with van der Waals surface area (Å²) >= 11 is 0. The van der Waals surface area contributed by atoms with Crippen molar-refractivity contribution in [2.45, 2.75) is 44.5 Å². The van der Waals surface area contributed by atoms with Gasteiger partial charge in [0.1, 0.15) is 0 Å². The van der Waals surface area contributed by atoms with Crippen LogP contribution in [0.4, 0.5) is 0 Å². The highest BCUT2D eigenvalue weighted by molar-refractivity contribution is 7.92. The van der Waals surface area contributed by atoms with Crippen molar-refractivity contribution < 1.29 is 13.5 Å². The van der Waals surface area contributed by atoms with Crippen molar-refractivity contribution in [3.8, 4) is 0 Å². The van der Waals surface area contributed by atoms with E-state index in [0.717, 1.165) is 0 Å². The first-order valence-electron chi connectivity index (χ1n) is 5.11. The van der Waals surface area contributed by atoms with E-state index in [1.54, 1.807) is 34.7 Å². The Balaban J connectivity index is 4.41. The van der Waals surface area contributed by atoms with E-state index in [2.05, 4.69) is 5.32 Å². The fraction of sp³-hybridized carbons (Fsp3) is 1.00. The molecule has 0 aromatic carbocycles. The highest BCUT2D eigenvalue weighted by atomic mass is 32.2. The zero-order valence-corrected chi connectivity index (χ0v) is 11.1. The van der Waals surface area contributed by atoms with E-state index in [0.29, 0.717) is 6.54 Å². The largest absolute Gasteiger partial charge is 0.389 e. The summed E-state index contributed by atoms with van der Waals surface area (Å²) in [4.78, 5) is 0. The van der Waals surface area contributed by atoms with E-state index in [9.17, 15) is 13.5 Å². The Morgan fingerprint density at radius 2 is 1.67 bits per heavy atom. The molecule has 0 rings (SSSR count). The van der Waals surface area contributed by atoms with Gasteiger partial charge in [-0.2, -0.15) is 0 Å². The maximum atomic E-state index is 11.8. The summed E-state index contributed by atoms with van der Waals surface area (Å²) in [6.07, 6.45) is 0.257. The van der Waals surface area contributed by atoms with Crippen LogP contribution in [-0.4, -0.2) is 43.2 Å². The van der Waals surface area contributed by atoms with Crippen LogP contribution in [0, 0.1) is 0 Å². The van der Waals surface area contributed by atoms with Crippen molar-refractivity contribution in [3.05, 3.63) is 0 Å². The quantitative estimate of drug-likeness (QED) is 0.733. The van der Waals surface area contributed by atoms with Gasteiger partial charge in [-0.25, -0.2) is 8.42 Å². The summed E-state index contributed by atoms with van der Waals surface area (Å²) in [5.74, 6) is 0.0190. The molecule has 0 aliphatic rings. The Bertz CT molecular complexity index is 288. The lowest BCUT2D eigenvalue weighted by molar-refractivity contribution is 0.0586. The number of sulfone groups is 1. The van der Waals surface area contributed by atoms with E-state index in [1.807, 2.05) is 0 Å². The summed E-state index contributed by atoms with van der Waals surface area (Å²) in [6.45, 7) is 7.06. The first kappa shape index (κ1) is 14.9. The molecular weight excluding hydrogens is 214 g/mol. The number of likely N-dealkylation sites (N-methyl/N-ethyl adjacent to an activating group) is 1. The molecule has 0 heterocycles.